The molecular formula is C12H15N5O2S. The summed E-state index contributed by atoms with van der Waals surface area (Å²) in [6.07, 6.45) is 0.923. The normalized spacial score (nSPS) is 10.3. The highest BCUT2D eigenvalue weighted by Gasteiger charge is 2.22. The summed E-state index contributed by atoms with van der Waals surface area (Å²) in [6.45, 7) is 4.35. The molecule has 0 fully saturated rings. The van der Waals surface area contributed by atoms with Crippen LogP contribution in [0.2, 0.25) is 0 Å². The van der Waals surface area contributed by atoms with Gasteiger partial charge >= 0.3 is 5.69 Å². The summed E-state index contributed by atoms with van der Waals surface area (Å²) in [5.74, 6) is 0.604. The first kappa shape index (κ1) is 14.2. The second-order valence-corrected chi connectivity index (χ2v) is 4.93. The number of rotatable bonds is 6. The summed E-state index contributed by atoms with van der Waals surface area (Å²) >= 11 is 1.50. The molecule has 0 atom stereocenters. The summed E-state index contributed by atoms with van der Waals surface area (Å²) < 4.78 is 0. The van der Waals surface area contributed by atoms with Crippen LogP contribution in [0.15, 0.2) is 16.8 Å². The molecule has 20 heavy (non-hydrogen) atoms. The van der Waals surface area contributed by atoms with Gasteiger partial charge in [0.2, 0.25) is 11.8 Å². The molecule has 8 heteroatoms. The Balaban J connectivity index is 2.38. The van der Waals surface area contributed by atoms with Crippen LogP contribution in [0.3, 0.4) is 0 Å². The molecule has 0 unspecified atom stereocenters. The van der Waals surface area contributed by atoms with E-state index < -0.39 is 4.92 Å². The van der Waals surface area contributed by atoms with E-state index in [-0.39, 0.29) is 11.5 Å². The van der Waals surface area contributed by atoms with Crippen LogP contribution in [0, 0.1) is 17.0 Å². The molecule has 2 aromatic rings. The van der Waals surface area contributed by atoms with Gasteiger partial charge in [-0.15, -0.1) is 0 Å². The fourth-order valence-corrected chi connectivity index (χ4v) is 2.25. The van der Waals surface area contributed by atoms with E-state index in [4.69, 9.17) is 0 Å². The highest BCUT2D eigenvalue weighted by Crippen LogP contribution is 2.29. The Kier molecular flexibility index (Phi) is 4.46. The molecule has 0 aliphatic rings. The van der Waals surface area contributed by atoms with Gasteiger partial charge in [-0.1, -0.05) is 6.92 Å². The van der Waals surface area contributed by atoms with E-state index in [1.165, 1.54) is 11.3 Å². The third kappa shape index (κ3) is 3.21. The standard InChI is InChI=1S/C12H15N5O2S/c1-3-5-13-12-14-8(2)10(17(18)19)11(16-12)15-9-4-6-20-7-9/h4,6-7H,3,5H2,1-2H3,(H2,13,14,15,16). The van der Waals surface area contributed by atoms with Crippen molar-refractivity contribution in [3.63, 3.8) is 0 Å². The fourth-order valence-electron chi connectivity index (χ4n) is 1.66. The minimum atomic E-state index is -0.465. The molecule has 0 spiro atoms. The number of anilines is 3. The molecular weight excluding hydrogens is 278 g/mol. The Bertz CT molecular complexity index is 600. The number of nitrogens with one attached hydrogen (secondary N) is 2. The number of hydrogen-bond donors (Lipinski definition) is 2. The maximum atomic E-state index is 11.2. The molecule has 0 bridgehead atoms. The fraction of sp³-hybridized carbons (Fsp3) is 0.333. The molecule has 0 saturated carbocycles. The zero-order valence-corrected chi connectivity index (χ0v) is 12.0. The van der Waals surface area contributed by atoms with Gasteiger partial charge in [0.05, 0.1) is 10.6 Å². The van der Waals surface area contributed by atoms with Crippen LogP contribution in [0.4, 0.5) is 23.1 Å². The average molecular weight is 293 g/mol. The van der Waals surface area contributed by atoms with Gasteiger partial charge in [-0.2, -0.15) is 16.3 Å². The second kappa shape index (κ2) is 6.29. The second-order valence-electron chi connectivity index (χ2n) is 4.15. The van der Waals surface area contributed by atoms with Crippen LogP contribution in [-0.2, 0) is 0 Å². The van der Waals surface area contributed by atoms with Gasteiger partial charge in [0.15, 0.2) is 0 Å². The SMILES string of the molecule is CCCNc1nc(C)c([N+](=O)[O-])c(Nc2ccsc2)n1. The molecule has 0 aromatic carbocycles. The van der Waals surface area contributed by atoms with Crippen molar-refractivity contribution in [1.29, 1.82) is 0 Å². The van der Waals surface area contributed by atoms with Crippen LogP contribution in [0.25, 0.3) is 0 Å². The summed E-state index contributed by atoms with van der Waals surface area (Å²) in [4.78, 5) is 19.0. The topological polar surface area (TPSA) is 93.0 Å². The molecule has 7 nitrogen and oxygen atoms in total. The molecule has 0 amide bonds. The Morgan fingerprint density at radius 2 is 2.25 bits per heavy atom. The molecule has 2 rings (SSSR count). The lowest BCUT2D eigenvalue weighted by atomic mass is 10.3. The Morgan fingerprint density at radius 3 is 2.85 bits per heavy atom. The predicted molar refractivity (Wildman–Crippen MR) is 79.8 cm³/mol. The van der Waals surface area contributed by atoms with E-state index in [1.807, 2.05) is 23.8 Å². The number of aromatic nitrogens is 2. The predicted octanol–water partition coefficient (Wildman–Crippen LogP) is 3.32. The average Bonchev–Trinajstić information content (AvgIpc) is 2.88. The maximum Gasteiger partial charge on any atom is 0.332 e. The van der Waals surface area contributed by atoms with Gasteiger partial charge < -0.3 is 10.6 Å². The quantitative estimate of drug-likeness (QED) is 0.627. The third-order valence-corrected chi connectivity index (χ3v) is 3.24. The van der Waals surface area contributed by atoms with Gasteiger partial charge in [0.25, 0.3) is 0 Å². The molecule has 0 radical (unpaired) electrons. The van der Waals surface area contributed by atoms with Crippen LogP contribution >= 0.6 is 11.3 Å². The highest BCUT2D eigenvalue weighted by molar-refractivity contribution is 7.08. The van der Waals surface area contributed by atoms with Crippen molar-refractivity contribution in [1.82, 2.24) is 9.97 Å². The number of thiophene rings is 1. The molecule has 0 aliphatic heterocycles. The monoisotopic (exact) mass is 293 g/mol. The smallest absolute Gasteiger partial charge is 0.332 e. The molecule has 0 aliphatic carbocycles. The van der Waals surface area contributed by atoms with Crippen molar-refractivity contribution >= 4 is 34.5 Å². The van der Waals surface area contributed by atoms with Crippen molar-refractivity contribution < 1.29 is 4.92 Å². The molecule has 2 heterocycles. The van der Waals surface area contributed by atoms with Crippen LogP contribution in [0.5, 0.6) is 0 Å². The van der Waals surface area contributed by atoms with Gasteiger partial charge in [0.1, 0.15) is 5.69 Å². The first-order valence-corrected chi connectivity index (χ1v) is 7.12. The number of aryl methyl sites for hydroxylation is 1. The van der Waals surface area contributed by atoms with E-state index in [1.54, 1.807) is 6.92 Å². The molecule has 2 aromatic heterocycles. The summed E-state index contributed by atoms with van der Waals surface area (Å²) in [7, 11) is 0. The number of nitro groups is 1. The summed E-state index contributed by atoms with van der Waals surface area (Å²) in [6, 6.07) is 1.84. The van der Waals surface area contributed by atoms with Crippen molar-refractivity contribution in [2.24, 2.45) is 0 Å². The summed E-state index contributed by atoms with van der Waals surface area (Å²) in [5.41, 5.74) is 1.01. The first-order chi connectivity index (χ1) is 9.61. The van der Waals surface area contributed by atoms with Gasteiger partial charge in [-0.3, -0.25) is 10.1 Å². The summed E-state index contributed by atoms with van der Waals surface area (Å²) in [5, 5.41) is 20.9. The molecule has 0 saturated heterocycles. The Labute approximate surface area is 120 Å². The van der Waals surface area contributed by atoms with Crippen molar-refractivity contribution in [2.45, 2.75) is 20.3 Å². The van der Waals surface area contributed by atoms with E-state index >= 15 is 0 Å². The van der Waals surface area contributed by atoms with Crippen molar-refractivity contribution in [3.05, 3.63) is 32.6 Å². The minimum absolute atomic E-state index is 0.0988. The van der Waals surface area contributed by atoms with Crippen molar-refractivity contribution in [2.75, 3.05) is 17.2 Å². The zero-order valence-electron chi connectivity index (χ0n) is 11.2. The largest absolute Gasteiger partial charge is 0.354 e. The van der Waals surface area contributed by atoms with E-state index in [0.717, 1.165) is 18.7 Å². The lowest BCUT2D eigenvalue weighted by molar-refractivity contribution is -0.385. The number of hydrogen-bond acceptors (Lipinski definition) is 7. The minimum Gasteiger partial charge on any atom is -0.354 e. The lowest BCUT2D eigenvalue weighted by Crippen LogP contribution is -2.09. The first-order valence-electron chi connectivity index (χ1n) is 6.18. The van der Waals surface area contributed by atoms with Crippen LogP contribution in [0.1, 0.15) is 19.0 Å². The molecule has 2 N–H and O–H groups in total. The Hall–Kier alpha value is -2.22. The Morgan fingerprint density at radius 1 is 1.45 bits per heavy atom. The zero-order chi connectivity index (χ0) is 14.5. The number of nitrogens with zero attached hydrogens (tertiary/aromatic N) is 3. The van der Waals surface area contributed by atoms with Crippen LogP contribution < -0.4 is 10.6 Å². The van der Waals surface area contributed by atoms with E-state index in [9.17, 15) is 10.1 Å². The van der Waals surface area contributed by atoms with E-state index in [2.05, 4.69) is 20.6 Å². The van der Waals surface area contributed by atoms with E-state index in [0.29, 0.717) is 11.6 Å². The van der Waals surface area contributed by atoms with Gasteiger partial charge in [0, 0.05) is 11.9 Å². The third-order valence-electron chi connectivity index (χ3n) is 2.56. The molecule has 106 valence electrons. The lowest BCUT2D eigenvalue weighted by Gasteiger charge is -2.09. The van der Waals surface area contributed by atoms with Crippen LogP contribution in [-0.4, -0.2) is 21.4 Å². The van der Waals surface area contributed by atoms with Crippen molar-refractivity contribution in [3.8, 4) is 0 Å². The van der Waals surface area contributed by atoms with Gasteiger partial charge in [-0.25, -0.2) is 4.98 Å². The maximum absolute atomic E-state index is 11.2. The highest BCUT2D eigenvalue weighted by atomic mass is 32.1. The van der Waals surface area contributed by atoms with Gasteiger partial charge in [-0.05, 0) is 24.8 Å².